The van der Waals surface area contributed by atoms with Crippen molar-refractivity contribution >= 4 is 10.8 Å². The Morgan fingerprint density at radius 1 is 1.41 bits per heavy atom. The van der Waals surface area contributed by atoms with E-state index in [4.69, 9.17) is 0 Å². The van der Waals surface area contributed by atoms with Crippen LogP contribution >= 0.6 is 0 Å². The Labute approximate surface area is 108 Å². The number of hydrogen-bond donors (Lipinski definition) is 1. The van der Waals surface area contributed by atoms with Crippen molar-refractivity contribution in [2.24, 2.45) is 16.7 Å². The van der Waals surface area contributed by atoms with Crippen LogP contribution in [-0.4, -0.2) is 28.3 Å². The zero-order valence-corrected chi connectivity index (χ0v) is 12.7. The SMILES string of the molecule is CC(CNC1CC2CCC1(C)C2(C)C)S(C)=O. The fourth-order valence-electron chi connectivity index (χ4n) is 3.94. The lowest BCUT2D eigenvalue weighted by Crippen LogP contribution is -2.46. The van der Waals surface area contributed by atoms with Gasteiger partial charge in [-0.2, -0.15) is 0 Å². The molecule has 2 aliphatic rings. The van der Waals surface area contributed by atoms with Gasteiger partial charge in [0.2, 0.25) is 0 Å². The number of nitrogens with one attached hydrogen (secondary N) is 1. The van der Waals surface area contributed by atoms with Gasteiger partial charge >= 0.3 is 0 Å². The number of fused-ring (bicyclic) bond motifs is 2. The summed E-state index contributed by atoms with van der Waals surface area (Å²) in [5.74, 6) is 0.882. The molecule has 2 aliphatic carbocycles. The Balaban J connectivity index is 1.99. The zero-order chi connectivity index (χ0) is 12.8. The fourth-order valence-corrected chi connectivity index (χ4v) is 4.27. The molecule has 3 heteroatoms. The van der Waals surface area contributed by atoms with Crippen molar-refractivity contribution < 1.29 is 4.21 Å². The zero-order valence-electron chi connectivity index (χ0n) is 11.9. The molecule has 2 fully saturated rings. The summed E-state index contributed by atoms with van der Waals surface area (Å²) in [5, 5.41) is 3.96. The summed E-state index contributed by atoms with van der Waals surface area (Å²) in [6.07, 6.45) is 5.87. The van der Waals surface area contributed by atoms with Crippen molar-refractivity contribution in [3.05, 3.63) is 0 Å². The summed E-state index contributed by atoms with van der Waals surface area (Å²) in [6.45, 7) is 10.3. The topological polar surface area (TPSA) is 29.1 Å². The molecule has 0 aromatic heterocycles. The van der Waals surface area contributed by atoms with Gasteiger partial charge in [-0.3, -0.25) is 4.21 Å². The van der Waals surface area contributed by atoms with Gasteiger partial charge in [0.15, 0.2) is 0 Å². The molecule has 2 saturated carbocycles. The highest BCUT2D eigenvalue weighted by molar-refractivity contribution is 7.84. The second-order valence-corrected chi connectivity index (χ2v) is 8.68. The van der Waals surface area contributed by atoms with Gasteiger partial charge in [-0.1, -0.05) is 20.8 Å². The largest absolute Gasteiger partial charge is 0.312 e. The second-order valence-electron chi connectivity index (χ2n) is 6.88. The Morgan fingerprint density at radius 2 is 2.06 bits per heavy atom. The molecule has 100 valence electrons. The van der Waals surface area contributed by atoms with E-state index in [0.29, 0.717) is 16.9 Å². The molecule has 5 atom stereocenters. The minimum atomic E-state index is -0.708. The van der Waals surface area contributed by atoms with Crippen LogP contribution in [0.25, 0.3) is 0 Å². The highest BCUT2D eigenvalue weighted by Crippen LogP contribution is 2.65. The van der Waals surface area contributed by atoms with Crippen LogP contribution in [0, 0.1) is 16.7 Å². The summed E-state index contributed by atoms with van der Waals surface area (Å²) in [4.78, 5) is 0. The van der Waals surface area contributed by atoms with Crippen molar-refractivity contribution in [3.8, 4) is 0 Å². The van der Waals surface area contributed by atoms with Gasteiger partial charge in [-0.15, -0.1) is 0 Å². The third-order valence-corrected chi connectivity index (χ3v) is 7.31. The summed E-state index contributed by atoms with van der Waals surface area (Å²) in [6, 6.07) is 0.627. The molecule has 0 aromatic rings. The van der Waals surface area contributed by atoms with Gasteiger partial charge in [0.1, 0.15) is 0 Å². The van der Waals surface area contributed by atoms with Crippen LogP contribution in [0.5, 0.6) is 0 Å². The minimum absolute atomic E-state index is 0.265. The molecule has 17 heavy (non-hydrogen) atoms. The van der Waals surface area contributed by atoms with Crippen molar-refractivity contribution in [2.75, 3.05) is 12.8 Å². The van der Waals surface area contributed by atoms with Crippen LogP contribution in [-0.2, 0) is 10.8 Å². The minimum Gasteiger partial charge on any atom is -0.312 e. The quantitative estimate of drug-likeness (QED) is 0.838. The molecule has 0 saturated heterocycles. The van der Waals surface area contributed by atoms with Crippen molar-refractivity contribution in [1.29, 1.82) is 0 Å². The van der Waals surface area contributed by atoms with E-state index in [1.54, 1.807) is 6.26 Å². The van der Waals surface area contributed by atoms with Crippen molar-refractivity contribution in [2.45, 2.75) is 58.2 Å². The average molecular weight is 257 g/mol. The lowest BCUT2D eigenvalue weighted by atomic mass is 9.69. The van der Waals surface area contributed by atoms with Gasteiger partial charge in [0, 0.05) is 34.9 Å². The third kappa shape index (κ3) is 1.99. The molecule has 2 nitrogen and oxygen atoms in total. The van der Waals surface area contributed by atoms with Crippen LogP contribution in [0.3, 0.4) is 0 Å². The smallest absolute Gasteiger partial charge is 0.0441 e. The van der Waals surface area contributed by atoms with Crippen molar-refractivity contribution in [3.63, 3.8) is 0 Å². The van der Waals surface area contributed by atoms with Gasteiger partial charge in [0.05, 0.1) is 0 Å². The van der Waals surface area contributed by atoms with E-state index in [1.165, 1.54) is 19.3 Å². The Hall–Kier alpha value is 0.110. The summed E-state index contributed by atoms with van der Waals surface area (Å²) in [7, 11) is -0.708. The van der Waals surface area contributed by atoms with Crippen LogP contribution in [0.15, 0.2) is 0 Å². The van der Waals surface area contributed by atoms with Crippen LogP contribution < -0.4 is 5.32 Å². The first-order chi connectivity index (χ1) is 7.79. The fraction of sp³-hybridized carbons (Fsp3) is 1.00. The van der Waals surface area contributed by atoms with Crippen LogP contribution in [0.2, 0.25) is 0 Å². The predicted octanol–water partition coefficient (Wildman–Crippen LogP) is 2.56. The highest BCUT2D eigenvalue weighted by Gasteiger charge is 2.60. The highest BCUT2D eigenvalue weighted by atomic mass is 32.2. The van der Waals surface area contributed by atoms with E-state index in [-0.39, 0.29) is 5.25 Å². The molecule has 2 bridgehead atoms. The molecule has 2 rings (SSSR count). The molecule has 5 unspecified atom stereocenters. The van der Waals surface area contributed by atoms with Gasteiger partial charge < -0.3 is 5.32 Å². The maximum Gasteiger partial charge on any atom is 0.0441 e. The maximum absolute atomic E-state index is 11.4. The van der Waals surface area contributed by atoms with Gasteiger partial charge in [-0.05, 0) is 42.9 Å². The monoisotopic (exact) mass is 257 g/mol. The molecule has 0 heterocycles. The molecule has 1 N–H and O–H groups in total. The first kappa shape index (κ1) is 13.5. The van der Waals surface area contributed by atoms with Gasteiger partial charge in [-0.25, -0.2) is 0 Å². The number of rotatable bonds is 4. The standard InChI is InChI=1S/C14H27NOS/c1-10(17(5)16)9-15-12-8-11-6-7-14(12,4)13(11,2)3/h10-12,15H,6-9H2,1-5H3. The predicted molar refractivity (Wildman–Crippen MR) is 74.5 cm³/mol. The van der Waals surface area contributed by atoms with Crippen LogP contribution in [0.4, 0.5) is 0 Å². The van der Waals surface area contributed by atoms with E-state index in [9.17, 15) is 4.21 Å². The van der Waals surface area contributed by atoms with E-state index >= 15 is 0 Å². The second kappa shape index (κ2) is 4.34. The first-order valence-corrected chi connectivity index (χ1v) is 8.47. The first-order valence-electron chi connectivity index (χ1n) is 6.84. The lowest BCUT2D eigenvalue weighted by Gasteiger charge is -2.40. The summed E-state index contributed by atoms with van der Waals surface area (Å²) >= 11 is 0. The molecular formula is C14H27NOS. The molecule has 0 spiro atoms. The van der Waals surface area contributed by atoms with E-state index in [2.05, 4.69) is 33.0 Å². The maximum atomic E-state index is 11.4. The summed E-state index contributed by atoms with van der Waals surface area (Å²) in [5.41, 5.74) is 0.909. The van der Waals surface area contributed by atoms with Crippen molar-refractivity contribution in [1.82, 2.24) is 5.32 Å². The molecule has 0 amide bonds. The molecule has 0 aliphatic heterocycles. The molecule has 0 aromatic carbocycles. The molecular weight excluding hydrogens is 230 g/mol. The average Bonchev–Trinajstić information content (AvgIpc) is 2.57. The van der Waals surface area contributed by atoms with Gasteiger partial charge in [0.25, 0.3) is 0 Å². The molecule has 0 radical (unpaired) electrons. The number of hydrogen-bond acceptors (Lipinski definition) is 2. The van der Waals surface area contributed by atoms with Crippen LogP contribution in [0.1, 0.15) is 47.0 Å². The Morgan fingerprint density at radius 3 is 2.47 bits per heavy atom. The van der Waals surface area contributed by atoms with E-state index in [0.717, 1.165) is 12.5 Å². The van der Waals surface area contributed by atoms with E-state index in [1.807, 2.05) is 0 Å². The Kier molecular flexibility index (Phi) is 3.46. The lowest BCUT2D eigenvalue weighted by molar-refractivity contribution is 0.121. The normalized spacial score (nSPS) is 42.6. The van der Waals surface area contributed by atoms with E-state index < -0.39 is 10.8 Å². The Bertz CT molecular complexity index is 328. The third-order valence-electron chi connectivity index (χ3n) is 6.01. The summed E-state index contributed by atoms with van der Waals surface area (Å²) < 4.78 is 11.4.